The van der Waals surface area contributed by atoms with E-state index in [1.807, 2.05) is 0 Å². The van der Waals surface area contributed by atoms with Crippen molar-refractivity contribution in [3.63, 3.8) is 0 Å². The third kappa shape index (κ3) is 2.22. The highest BCUT2D eigenvalue weighted by Gasteiger charge is 2.19. The van der Waals surface area contributed by atoms with Gasteiger partial charge in [-0.3, -0.25) is 0 Å². The van der Waals surface area contributed by atoms with E-state index >= 15 is 0 Å². The molecule has 2 amide bonds. The summed E-state index contributed by atoms with van der Waals surface area (Å²) in [5, 5.41) is 0. The summed E-state index contributed by atoms with van der Waals surface area (Å²) in [4.78, 5) is 20.9. The summed E-state index contributed by atoms with van der Waals surface area (Å²) in [6, 6.07) is 0. The Bertz CT molecular complexity index is 132. The standard InChI is InChI=1S/C4H6BrNO4/c1-9-3(7)6(5)4(8)10-2/h1-2H3. The van der Waals surface area contributed by atoms with Gasteiger partial charge in [0.2, 0.25) is 0 Å². The number of hydrogen-bond donors (Lipinski definition) is 0. The highest BCUT2D eigenvalue weighted by atomic mass is 79.9. The lowest BCUT2D eigenvalue weighted by atomic mass is 11.0. The van der Waals surface area contributed by atoms with Crippen LogP contribution in [0.25, 0.3) is 0 Å². The van der Waals surface area contributed by atoms with Crippen molar-refractivity contribution in [3.8, 4) is 0 Å². The highest BCUT2D eigenvalue weighted by molar-refractivity contribution is 9.08. The van der Waals surface area contributed by atoms with Gasteiger partial charge in [-0.25, -0.2) is 9.59 Å². The largest absolute Gasteiger partial charge is 0.452 e. The van der Waals surface area contributed by atoms with E-state index in [-0.39, 0.29) is 0 Å². The quantitative estimate of drug-likeness (QED) is 0.564. The van der Waals surface area contributed by atoms with Crippen LogP contribution in [-0.4, -0.2) is 30.3 Å². The molecule has 0 bridgehead atoms. The molecule has 0 aliphatic carbocycles. The summed E-state index contributed by atoms with van der Waals surface area (Å²) in [6.45, 7) is 0. The van der Waals surface area contributed by atoms with Gasteiger partial charge in [0.25, 0.3) is 0 Å². The number of amides is 2. The smallest absolute Gasteiger partial charge is 0.429 e. The summed E-state index contributed by atoms with van der Waals surface area (Å²) in [5.74, 6) is 0. The Morgan fingerprint density at radius 3 is 1.70 bits per heavy atom. The van der Waals surface area contributed by atoms with E-state index in [1.165, 1.54) is 0 Å². The van der Waals surface area contributed by atoms with Crippen molar-refractivity contribution in [3.05, 3.63) is 0 Å². The van der Waals surface area contributed by atoms with Crippen molar-refractivity contribution in [2.24, 2.45) is 0 Å². The molecule has 0 saturated carbocycles. The molecule has 0 N–H and O–H groups in total. The fourth-order valence-electron chi connectivity index (χ4n) is 0.235. The van der Waals surface area contributed by atoms with Gasteiger partial charge >= 0.3 is 12.2 Å². The minimum absolute atomic E-state index is 0.535. The lowest BCUT2D eigenvalue weighted by molar-refractivity contribution is 0.128. The molecule has 0 aliphatic rings. The Kier molecular flexibility index (Phi) is 3.78. The predicted octanol–water partition coefficient (Wildman–Crippen LogP) is 1.13. The summed E-state index contributed by atoms with van der Waals surface area (Å²) in [5.41, 5.74) is 0. The molecule has 0 radical (unpaired) electrons. The first-order chi connectivity index (χ1) is 4.63. The SMILES string of the molecule is COC(=O)N(Br)C(=O)OC. The molecule has 0 heterocycles. The van der Waals surface area contributed by atoms with Crippen LogP contribution >= 0.6 is 16.1 Å². The van der Waals surface area contributed by atoms with Crippen molar-refractivity contribution in [2.75, 3.05) is 14.2 Å². The van der Waals surface area contributed by atoms with Crippen LogP contribution in [-0.2, 0) is 9.47 Å². The molecule has 0 saturated heterocycles. The first kappa shape index (κ1) is 9.22. The van der Waals surface area contributed by atoms with Crippen LogP contribution in [0, 0.1) is 0 Å². The van der Waals surface area contributed by atoms with E-state index in [0.29, 0.717) is 3.93 Å². The first-order valence-electron chi connectivity index (χ1n) is 2.25. The lowest BCUT2D eigenvalue weighted by Crippen LogP contribution is -2.27. The number of methoxy groups -OCH3 is 2. The fourth-order valence-corrected chi connectivity index (χ4v) is 0.524. The zero-order valence-electron chi connectivity index (χ0n) is 5.46. The molecule has 0 aromatic heterocycles. The fraction of sp³-hybridized carbons (Fsp3) is 0.500. The number of carbonyl (C=O) groups excluding carboxylic acids is 2. The second kappa shape index (κ2) is 4.10. The number of ether oxygens (including phenoxy) is 2. The zero-order chi connectivity index (χ0) is 8.15. The molecule has 0 aliphatic heterocycles. The summed E-state index contributed by atoms with van der Waals surface area (Å²) < 4.78 is 8.88. The molecule has 10 heavy (non-hydrogen) atoms. The molecule has 0 atom stereocenters. The number of imide groups is 1. The summed E-state index contributed by atoms with van der Waals surface area (Å²) in [6.07, 6.45) is -1.65. The number of halogens is 1. The van der Waals surface area contributed by atoms with Gasteiger partial charge in [-0.2, -0.15) is 0 Å². The maximum atomic E-state index is 10.5. The second-order valence-corrected chi connectivity index (χ2v) is 1.93. The number of carbonyl (C=O) groups is 2. The molecule has 0 rings (SSSR count). The Labute approximate surface area is 66.2 Å². The van der Waals surface area contributed by atoms with Crippen LogP contribution in [0.5, 0.6) is 0 Å². The third-order valence-electron chi connectivity index (χ3n) is 0.670. The van der Waals surface area contributed by atoms with Crippen LogP contribution in [0.15, 0.2) is 0 Å². The normalized spacial score (nSPS) is 8.30. The average molecular weight is 212 g/mol. The van der Waals surface area contributed by atoms with Crippen LogP contribution < -0.4 is 0 Å². The van der Waals surface area contributed by atoms with Crippen LogP contribution in [0.1, 0.15) is 0 Å². The highest BCUT2D eigenvalue weighted by Crippen LogP contribution is 2.02. The van der Waals surface area contributed by atoms with Crippen molar-refractivity contribution < 1.29 is 19.1 Å². The zero-order valence-corrected chi connectivity index (χ0v) is 7.04. The Morgan fingerprint density at radius 2 is 1.50 bits per heavy atom. The van der Waals surface area contributed by atoms with Crippen molar-refractivity contribution >= 4 is 28.3 Å². The molecule has 0 aromatic carbocycles. The molecule has 5 nitrogen and oxygen atoms in total. The lowest BCUT2D eigenvalue weighted by Gasteiger charge is -2.07. The maximum Gasteiger partial charge on any atom is 0.429 e. The molecule has 0 unspecified atom stereocenters. The molecule has 0 spiro atoms. The van der Waals surface area contributed by atoms with E-state index < -0.39 is 12.2 Å². The topological polar surface area (TPSA) is 55.8 Å². The monoisotopic (exact) mass is 211 g/mol. The second-order valence-electron chi connectivity index (χ2n) is 1.22. The molecule has 0 fully saturated rings. The van der Waals surface area contributed by atoms with Crippen molar-refractivity contribution in [2.45, 2.75) is 0 Å². The average Bonchev–Trinajstić information content (AvgIpc) is 2.00. The molecular formula is C4H6BrNO4. The van der Waals surface area contributed by atoms with Gasteiger partial charge in [0.15, 0.2) is 0 Å². The van der Waals surface area contributed by atoms with Gasteiger partial charge < -0.3 is 9.47 Å². The van der Waals surface area contributed by atoms with E-state index in [0.717, 1.165) is 14.2 Å². The Balaban J connectivity index is 3.94. The van der Waals surface area contributed by atoms with E-state index in [1.54, 1.807) is 0 Å². The number of nitrogens with zero attached hydrogens (tertiary/aromatic N) is 1. The van der Waals surface area contributed by atoms with E-state index in [4.69, 9.17) is 0 Å². The molecule has 6 heteroatoms. The van der Waals surface area contributed by atoms with Crippen molar-refractivity contribution in [1.29, 1.82) is 0 Å². The van der Waals surface area contributed by atoms with Gasteiger partial charge in [0, 0.05) is 0 Å². The number of hydrogen-bond acceptors (Lipinski definition) is 4. The van der Waals surface area contributed by atoms with E-state index in [2.05, 4.69) is 25.6 Å². The van der Waals surface area contributed by atoms with Gasteiger partial charge in [-0.15, -0.1) is 3.93 Å². The summed E-state index contributed by atoms with van der Waals surface area (Å²) in [7, 11) is 2.30. The Hall–Kier alpha value is -0.780. The molecular weight excluding hydrogens is 206 g/mol. The van der Waals surface area contributed by atoms with E-state index in [9.17, 15) is 9.59 Å². The van der Waals surface area contributed by atoms with Crippen molar-refractivity contribution in [1.82, 2.24) is 3.93 Å². The van der Waals surface area contributed by atoms with Gasteiger partial charge in [-0.1, -0.05) is 0 Å². The van der Waals surface area contributed by atoms with Crippen LogP contribution in [0.3, 0.4) is 0 Å². The predicted molar refractivity (Wildman–Crippen MR) is 35.6 cm³/mol. The third-order valence-corrected chi connectivity index (χ3v) is 1.25. The Morgan fingerprint density at radius 1 is 1.20 bits per heavy atom. The molecule has 58 valence electrons. The molecule has 0 aromatic rings. The minimum atomic E-state index is -0.827. The summed E-state index contributed by atoms with van der Waals surface area (Å²) >= 11 is 2.61. The van der Waals surface area contributed by atoms with Gasteiger partial charge in [-0.05, 0) is 0 Å². The first-order valence-corrected chi connectivity index (χ1v) is 2.96. The minimum Gasteiger partial charge on any atom is -0.452 e. The maximum absolute atomic E-state index is 10.5. The van der Waals surface area contributed by atoms with Gasteiger partial charge in [0.05, 0.1) is 30.4 Å². The number of rotatable bonds is 0. The van der Waals surface area contributed by atoms with Crippen LogP contribution in [0.2, 0.25) is 0 Å². The van der Waals surface area contributed by atoms with Gasteiger partial charge in [0.1, 0.15) is 0 Å². The van der Waals surface area contributed by atoms with Crippen LogP contribution in [0.4, 0.5) is 9.59 Å².